The Balaban J connectivity index is 1.60. The number of hydrogen-bond donors (Lipinski definition) is 1. The predicted molar refractivity (Wildman–Crippen MR) is 123 cm³/mol. The van der Waals surface area contributed by atoms with Gasteiger partial charge < -0.3 is 10.1 Å². The SMILES string of the molecule is COc1ccc(NC(=O)CSc2nc3ccsc3c(=O)n2-c2cccc(Cl)c2)cc1. The molecule has 0 fully saturated rings. The molecular formula is C21H16ClN3O3S2. The van der Waals surface area contributed by atoms with Gasteiger partial charge in [-0.15, -0.1) is 11.3 Å². The molecule has 2 aromatic heterocycles. The summed E-state index contributed by atoms with van der Waals surface area (Å²) >= 11 is 8.65. The highest BCUT2D eigenvalue weighted by Gasteiger charge is 2.16. The van der Waals surface area contributed by atoms with Crippen molar-refractivity contribution in [3.8, 4) is 11.4 Å². The number of carbonyl (C=O) groups is 1. The molecule has 152 valence electrons. The molecule has 0 saturated carbocycles. The van der Waals surface area contributed by atoms with Crippen molar-refractivity contribution in [3.63, 3.8) is 0 Å². The monoisotopic (exact) mass is 457 g/mol. The van der Waals surface area contributed by atoms with E-state index in [4.69, 9.17) is 16.3 Å². The number of benzene rings is 2. The normalized spacial score (nSPS) is 10.9. The van der Waals surface area contributed by atoms with E-state index in [0.717, 1.165) is 0 Å². The summed E-state index contributed by atoms with van der Waals surface area (Å²) in [5.41, 5.74) is 1.69. The highest BCUT2D eigenvalue weighted by atomic mass is 35.5. The molecule has 2 aromatic carbocycles. The van der Waals surface area contributed by atoms with Crippen molar-refractivity contribution in [1.29, 1.82) is 0 Å². The zero-order valence-corrected chi connectivity index (χ0v) is 18.2. The van der Waals surface area contributed by atoms with Crippen LogP contribution >= 0.6 is 34.7 Å². The average Bonchev–Trinajstić information content (AvgIpc) is 3.22. The first kappa shape index (κ1) is 20.5. The van der Waals surface area contributed by atoms with Crippen LogP contribution in [-0.4, -0.2) is 28.3 Å². The quantitative estimate of drug-likeness (QED) is 0.331. The minimum atomic E-state index is -0.206. The summed E-state index contributed by atoms with van der Waals surface area (Å²) in [7, 11) is 1.58. The van der Waals surface area contributed by atoms with Gasteiger partial charge >= 0.3 is 0 Å². The minimum Gasteiger partial charge on any atom is -0.497 e. The number of nitrogens with one attached hydrogen (secondary N) is 1. The number of methoxy groups -OCH3 is 1. The number of anilines is 1. The van der Waals surface area contributed by atoms with Gasteiger partial charge in [-0.1, -0.05) is 29.4 Å². The van der Waals surface area contributed by atoms with Crippen LogP contribution in [0.1, 0.15) is 0 Å². The zero-order chi connectivity index (χ0) is 21.1. The second-order valence-electron chi connectivity index (χ2n) is 6.22. The van der Waals surface area contributed by atoms with Gasteiger partial charge in [0.15, 0.2) is 5.16 Å². The molecule has 2 heterocycles. The van der Waals surface area contributed by atoms with Crippen molar-refractivity contribution in [2.75, 3.05) is 18.2 Å². The third kappa shape index (κ3) is 4.35. The van der Waals surface area contributed by atoms with Gasteiger partial charge in [-0.05, 0) is 53.9 Å². The molecule has 0 bridgehead atoms. The second kappa shape index (κ2) is 8.91. The fraction of sp³-hybridized carbons (Fsp3) is 0.0952. The van der Waals surface area contributed by atoms with Crippen LogP contribution in [0.4, 0.5) is 5.69 Å². The van der Waals surface area contributed by atoms with Gasteiger partial charge in [-0.25, -0.2) is 4.98 Å². The number of hydrogen-bond acceptors (Lipinski definition) is 6. The van der Waals surface area contributed by atoms with Gasteiger partial charge in [-0.3, -0.25) is 14.2 Å². The molecule has 6 nitrogen and oxygen atoms in total. The molecule has 0 aliphatic rings. The van der Waals surface area contributed by atoms with Gasteiger partial charge in [0.2, 0.25) is 5.91 Å². The molecule has 0 unspecified atom stereocenters. The van der Waals surface area contributed by atoms with Crippen molar-refractivity contribution in [3.05, 3.63) is 75.4 Å². The van der Waals surface area contributed by atoms with Crippen LogP contribution < -0.4 is 15.6 Å². The number of aromatic nitrogens is 2. The van der Waals surface area contributed by atoms with Crippen LogP contribution in [0.25, 0.3) is 15.9 Å². The van der Waals surface area contributed by atoms with E-state index in [1.165, 1.54) is 27.7 Å². The van der Waals surface area contributed by atoms with E-state index in [0.29, 0.717) is 37.5 Å². The first-order chi connectivity index (χ1) is 14.5. The Bertz CT molecular complexity index is 1270. The number of thiophene rings is 1. The van der Waals surface area contributed by atoms with Gasteiger partial charge in [0.25, 0.3) is 5.56 Å². The first-order valence-corrected chi connectivity index (χ1v) is 11.1. The van der Waals surface area contributed by atoms with E-state index < -0.39 is 0 Å². The summed E-state index contributed by atoms with van der Waals surface area (Å²) < 4.78 is 7.17. The summed E-state index contributed by atoms with van der Waals surface area (Å²) in [6.45, 7) is 0. The predicted octanol–water partition coefficient (Wildman–Crippen LogP) is 4.84. The Morgan fingerprint density at radius 1 is 1.23 bits per heavy atom. The maximum atomic E-state index is 13.1. The lowest BCUT2D eigenvalue weighted by Gasteiger charge is -2.12. The number of halogens is 1. The Kier molecular flexibility index (Phi) is 6.08. The van der Waals surface area contributed by atoms with Gasteiger partial charge in [0.1, 0.15) is 10.4 Å². The third-order valence-electron chi connectivity index (χ3n) is 4.22. The van der Waals surface area contributed by atoms with Gasteiger partial charge in [0, 0.05) is 10.7 Å². The summed E-state index contributed by atoms with van der Waals surface area (Å²) in [6.07, 6.45) is 0. The molecule has 9 heteroatoms. The fourth-order valence-electron chi connectivity index (χ4n) is 2.83. The maximum Gasteiger partial charge on any atom is 0.276 e. The molecule has 0 spiro atoms. The molecule has 0 aliphatic carbocycles. The smallest absolute Gasteiger partial charge is 0.276 e. The van der Waals surface area contributed by atoms with Crippen molar-refractivity contribution in [1.82, 2.24) is 9.55 Å². The number of rotatable bonds is 6. The Hall–Kier alpha value is -2.81. The molecule has 1 amide bonds. The lowest BCUT2D eigenvalue weighted by atomic mass is 10.3. The largest absolute Gasteiger partial charge is 0.497 e. The van der Waals surface area contributed by atoms with E-state index in [9.17, 15) is 9.59 Å². The summed E-state index contributed by atoms with van der Waals surface area (Å²) in [5.74, 6) is 0.595. The van der Waals surface area contributed by atoms with Crippen LogP contribution in [-0.2, 0) is 4.79 Å². The minimum absolute atomic E-state index is 0.0919. The molecule has 0 saturated heterocycles. The average molecular weight is 458 g/mol. The fourth-order valence-corrected chi connectivity index (χ4v) is 4.59. The first-order valence-electron chi connectivity index (χ1n) is 8.88. The van der Waals surface area contributed by atoms with E-state index in [1.54, 1.807) is 61.7 Å². The Labute approximate surface area is 185 Å². The van der Waals surface area contributed by atoms with E-state index in [2.05, 4.69) is 10.3 Å². The maximum absolute atomic E-state index is 13.1. The summed E-state index contributed by atoms with van der Waals surface area (Å²) in [4.78, 5) is 30.1. The molecule has 0 radical (unpaired) electrons. The van der Waals surface area contributed by atoms with Gasteiger partial charge in [0.05, 0.1) is 24.1 Å². The molecule has 1 N–H and O–H groups in total. The van der Waals surface area contributed by atoms with Crippen molar-refractivity contribution in [2.45, 2.75) is 5.16 Å². The highest BCUT2D eigenvalue weighted by molar-refractivity contribution is 7.99. The lowest BCUT2D eigenvalue weighted by Crippen LogP contribution is -2.22. The van der Waals surface area contributed by atoms with Crippen molar-refractivity contribution >= 4 is 56.5 Å². The Morgan fingerprint density at radius 2 is 2.03 bits per heavy atom. The third-order valence-corrected chi connectivity index (χ3v) is 6.29. The van der Waals surface area contributed by atoms with Crippen molar-refractivity contribution < 1.29 is 9.53 Å². The molecule has 0 aliphatic heterocycles. The van der Waals surface area contributed by atoms with Crippen LogP contribution in [0.2, 0.25) is 5.02 Å². The standard InChI is InChI=1S/C21H16ClN3O3S2/c1-28-16-7-5-14(6-8-16)23-18(26)12-30-21-24-17-9-10-29-19(17)20(27)25(21)15-4-2-3-13(22)11-15/h2-11H,12H2,1H3,(H,23,26). The van der Waals surface area contributed by atoms with Crippen LogP contribution in [0.5, 0.6) is 5.75 Å². The van der Waals surface area contributed by atoms with Crippen LogP contribution in [0.3, 0.4) is 0 Å². The molecular weight excluding hydrogens is 442 g/mol. The number of amides is 1. The molecule has 0 atom stereocenters. The van der Waals surface area contributed by atoms with Crippen LogP contribution in [0.15, 0.2) is 69.9 Å². The van der Waals surface area contributed by atoms with E-state index in [-0.39, 0.29) is 17.2 Å². The van der Waals surface area contributed by atoms with Crippen molar-refractivity contribution in [2.24, 2.45) is 0 Å². The topological polar surface area (TPSA) is 73.2 Å². The highest BCUT2D eigenvalue weighted by Crippen LogP contribution is 2.25. The van der Waals surface area contributed by atoms with E-state index in [1.807, 2.05) is 5.38 Å². The number of ether oxygens (including phenoxy) is 1. The van der Waals surface area contributed by atoms with E-state index >= 15 is 0 Å². The molecule has 30 heavy (non-hydrogen) atoms. The second-order valence-corrected chi connectivity index (χ2v) is 8.51. The number of nitrogens with zero attached hydrogens (tertiary/aromatic N) is 2. The zero-order valence-electron chi connectivity index (χ0n) is 15.8. The van der Waals surface area contributed by atoms with Gasteiger partial charge in [-0.2, -0.15) is 0 Å². The summed E-state index contributed by atoms with van der Waals surface area (Å²) in [6, 6.07) is 15.9. The molecule has 4 rings (SSSR count). The number of fused-ring (bicyclic) bond motifs is 1. The van der Waals surface area contributed by atoms with Crippen LogP contribution in [0, 0.1) is 0 Å². The lowest BCUT2D eigenvalue weighted by molar-refractivity contribution is -0.113. The molecule has 4 aromatic rings. The number of thioether (sulfide) groups is 1. The Morgan fingerprint density at radius 3 is 2.77 bits per heavy atom. The summed E-state index contributed by atoms with van der Waals surface area (Å²) in [5, 5.41) is 5.60. The number of carbonyl (C=O) groups excluding carboxylic acids is 1.